The molecule has 0 N–H and O–H groups in total. The minimum atomic E-state index is -0.0365. The van der Waals surface area contributed by atoms with Gasteiger partial charge in [0.15, 0.2) is 17.3 Å². The van der Waals surface area contributed by atoms with Crippen LogP contribution in [-0.2, 0) is 6.54 Å². The maximum atomic E-state index is 13.2. The number of Topliss-reactive ketones (excluding diaryl/α,β-unsaturated/α-hetero) is 1. The monoisotopic (exact) mass is 405 g/mol. The minimum absolute atomic E-state index is 0.0365. The lowest BCUT2D eigenvalue weighted by molar-refractivity contribution is 0.0809. The average molecular weight is 405 g/mol. The molecule has 0 amide bonds. The molecule has 156 valence electrons. The van der Waals surface area contributed by atoms with Crippen molar-refractivity contribution in [2.75, 3.05) is 27.3 Å². The van der Waals surface area contributed by atoms with E-state index in [1.807, 2.05) is 37.3 Å². The van der Waals surface area contributed by atoms with Crippen LogP contribution in [0.5, 0.6) is 11.5 Å². The number of benzene rings is 2. The summed E-state index contributed by atoms with van der Waals surface area (Å²) in [5.41, 5.74) is 4.42. The number of ketones is 1. The smallest absolute Gasteiger partial charge is 0.167 e. The number of para-hydroxylation sites is 2. The number of piperidine rings is 1. The van der Waals surface area contributed by atoms with Gasteiger partial charge in [0.1, 0.15) is 0 Å². The molecule has 0 saturated carbocycles. The summed E-state index contributed by atoms with van der Waals surface area (Å²) in [4.78, 5) is 25.0. The number of aryl methyl sites for hydroxylation is 1. The number of rotatable bonds is 6. The van der Waals surface area contributed by atoms with E-state index in [-0.39, 0.29) is 11.7 Å². The van der Waals surface area contributed by atoms with Crippen molar-refractivity contribution in [3.05, 3.63) is 59.4 Å². The maximum absolute atomic E-state index is 13.2. The van der Waals surface area contributed by atoms with Gasteiger partial charge in [-0.3, -0.25) is 9.69 Å². The molecule has 0 unspecified atom stereocenters. The SMILES string of the molecule is COc1ccc(C(=O)[C@@H]2CCCN(Cc3nc4ccccc4nc3C)C2)cc1OC. The van der Waals surface area contributed by atoms with Crippen LogP contribution in [0.15, 0.2) is 42.5 Å². The van der Waals surface area contributed by atoms with Crippen LogP contribution < -0.4 is 9.47 Å². The molecule has 1 aromatic heterocycles. The first-order valence-corrected chi connectivity index (χ1v) is 10.3. The van der Waals surface area contributed by atoms with Gasteiger partial charge in [0.2, 0.25) is 0 Å². The quantitative estimate of drug-likeness (QED) is 0.577. The standard InChI is InChI=1S/C24H27N3O3/c1-16-21(26-20-9-5-4-8-19(20)25-16)15-27-12-6-7-18(14-27)24(28)17-10-11-22(29-2)23(13-17)30-3/h4-5,8-11,13,18H,6-7,12,14-15H2,1-3H3/t18-/m1/s1. The van der Waals surface area contributed by atoms with Gasteiger partial charge in [0.05, 0.1) is 36.6 Å². The van der Waals surface area contributed by atoms with Crippen LogP contribution in [0.3, 0.4) is 0 Å². The molecule has 2 aromatic carbocycles. The summed E-state index contributed by atoms with van der Waals surface area (Å²) in [5.74, 6) is 1.33. The van der Waals surface area contributed by atoms with Crippen molar-refractivity contribution in [2.45, 2.75) is 26.3 Å². The molecule has 0 radical (unpaired) electrons. The van der Waals surface area contributed by atoms with Crippen molar-refractivity contribution in [1.82, 2.24) is 14.9 Å². The fraction of sp³-hybridized carbons (Fsp3) is 0.375. The summed E-state index contributed by atoms with van der Waals surface area (Å²) in [6.45, 7) is 4.40. The predicted molar refractivity (Wildman–Crippen MR) is 116 cm³/mol. The lowest BCUT2D eigenvalue weighted by atomic mass is 9.89. The molecule has 0 aliphatic carbocycles. The first-order valence-electron chi connectivity index (χ1n) is 10.3. The van der Waals surface area contributed by atoms with E-state index in [1.54, 1.807) is 26.4 Å². The Labute approximate surface area is 176 Å². The Morgan fingerprint density at radius 1 is 1.07 bits per heavy atom. The molecular weight excluding hydrogens is 378 g/mol. The van der Waals surface area contributed by atoms with Gasteiger partial charge in [0, 0.05) is 24.6 Å². The van der Waals surface area contributed by atoms with E-state index in [0.29, 0.717) is 23.6 Å². The molecule has 1 aliphatic heterocycles. The van der Waals surface area contributed by atoms with Crippen LogP contribution in [0, 0.1) is 12.8 Å². The molecule has 6 heteroatoms. The number of carbonyl (C=O) groups excluding carboxylic acids is 1. The van der Waals surface area contributed by atoms with Gasteiger partial charge in [0.25, 0.3) is 0 Å². The van der Waals surface area contributed by atoms with Crippen molar-refractivity contribution >= 4 is 16.8 Å². The summed E-state index contributed by atoms with van der Waals surface area (Å²) in [5, 5.41) is 0. The fourth-order valence-electron chi connectivity index (χ4n) is 4.12. The highest BCUT2D eigenvalue weighted by Crippen LogP contribution is 2.30. The van der Waals surface area contributed by atoms with Crippen molar-refractivity contribution in [2.24, 2.45) is 5.92 Å². The predicted octanol–water partition coefficient (Wildman–Crippen LogP) is 4.05. The minimum Gasteiger partial charge on any atom is -0.493 e. The molecular formula is C24H27N3O3. The zero-order valence-corrected chi connectivity index (χ0v) is 17.7. The highest BCUT2D eigenvalue weighted by Gasteiger charge is 2.28. The second-order valence-electron chi connectivity index (χ2n) is 7.75. The number of hydrogen-bond donors (Lipinski definition) is 0. The molecule has 1 atom stereocenters. The largest absolute Gasteiger partial charge is 0.493 e. The van der Waals surface area contributed by atoms with Gasteiger partial charge in [-0.15, -0.1) is 0 Å². The number of methoxy groups -OCH3 is 2. The second kappa shape index (κ2) is 8.79. The van der Waals surface area contributed by atoms with Crippen LogP contribution in [0.25, 0.3) is 11.0 Å². The summed E-state index contributed by atoms with van der Waals surface area (Å²) in [7, 11) is 3.18. The van der Waals surface area contributed by atoms with Crippen molar-refractivity contribution in [1.29, 1.82) is 0 Å². The van der Waals surface area contributed by atoms with Crippen LogP contribution in [0.2, 0.25) is 0 Å². The van der Waals surface area contributed by atoms with E-state index in [0.717, 1.165) is 48.4 Å². The maximum Gasteiger partial charge on any atom is 0.167 e. The zero-order chi connectivity index (χ0) is 21.1. The van der Waals surface area contributed by atoms with E-state index in [4.69, 9.17) is 19.4 Å². The normalized spacial score (nSPS) is 17.1. The van der Waals surface area contributed by atoms with Crippen molar-refractivity contribution < 1.29 is 14.3 Å². The molecule has 0 spiro atoms. The Kier molecular flexibility index (Phi) is 5.95. The molecule has 1 saturated heterocycles. The number of fused-ring (bicyclic) bond motifs is 1. The number of aromatic nitrogens is 2. The van der Waals surface area contributed by atoms with Crippen molar-refractivity contribution in [3.8, 4) is 11.5 Å². The van der Waals surface area contributed by atoms with Crippen molar-refractivity contribution in [3.63, 3.8) is 0 Å². The summed E-state index contributed by atoms with van der Waals surface area (Å²) in [6.07, 6.45) is 1.88. The zero-order valence-electron chi connectivity index (χ0n) is 17.7. The lowest BCUT2D eigenvalue weighted by Gasteiger charge is -2.32. The second-order valence-corrected chi connectivity index (χ2v) is 7.75. The Balaban J connectivity index is 1.49. The molecule has 3 aromatic rings. The van der Waals surface area contributed by atoms with Crippen LogP contribution >= 0.6 is 0 Å². The Morgan fingerprint density at radius 3 is 2.53 bits per heavy atom. The molecule has 4 rings (SSSR count). The fourth-order valence-corrected chi connectivity index (χ4v) is 4.12. The van der Waals surface area contributed by atoms with Crippen LogP contribution in [0.1, 0.15) is 34.6 Å². The Morgan fingerprint density at radius 2 is 1.80 bits per heavy atom. The average Bonchev–Trinajstić information content (AvgIpc) is 2.78. The summed E-state index contributed by atoms with van der Waals surface area (Å²) in [6, 6.07) is 13.3. The number of hydrogen-bond acceptors (Lipinski definition) is 6. The van der Waals surface area contributed by atoms with Gasteiger partial charge in [-0.2, -0.15) is 0 Å². The van der Waals surface area contributed by atoms with Gasteiger partial charge in [-0.05, 0) is 56.6 Å². The molecule has 1 fully saturated rings. The third-order valence-electron chi connectivity index (χ3n) is 5.76. The van der Waals surface area contributed by atoms with E-state index in [9.17, 15) is 4.79 Å². The molecule has 6 nitrogen and oxygen atoms in total. The highest BCUT2D eigenvalue weighted by atomic mass is 16.5. The third-order valence-corrected chi connectivity index (χ3v) is 5.76. The topological polar surface area (TPSA) is 64.5 Å². The highest BCUT2D eigenvalue weighted by molar-refractivity contribution is 5.98. The van der Waals surface area contributed by atoms with Gasteiger partial charge < -0.3 is 9.47 Å². The Bertz CT molecular complexity index is 1070. The molecule has 0 bridgehead atoms. The van der Waals surface area contributed by atoms with Gasteiger partial charge >= 0.3 is 0 Å². The number of likely N-dealkylation sites (tertiary alicyclic amines) is 1. The number of ether oxygens (including phenoxy) is 2. The van der Waals surface area contributed by atoms with E-state index in [2.05, 4.69) is 4.90 Å². The molecule has 2 heterocycles. The Hall–Kier alpha value is -2.99. The summed E-state index contributed by atoms with van der Waals surface area (Å²) < 4.78 is 10.6. The molecule has 1 aliphatic rings. The summed E-state index contributed by atoms with van der Waals surface area (Å²) >= 11 is 0. The molecule has 30 heavy (non-hydrogen) atoms. The number of nitrogens with zero attached hydrogens (tertiary/aromatic N) is 3. The van der Waals surface area contributed by atoms with Gasteiger partial charge in [-0.25, -0.2) is 9.97 Å². The van der Waals surface area contributed by atoms with Gasteiger partial charge in [-0.1, -0.05) is 12.1 Å². The van der Waals surface area contributed by atoms with E-state index >= 15 is 0 Å². The first kappa shape index (κ1) is 20.3. The van der Waals surface area contributed by atoms with E-state index in [1.165, 1.54) is 0 Å². The lowest BCUT2D eigenvalue weighted by Crippen LogP contribution is -2.38. The van der Waals surface area contributed by atoms with E-state index < -0.39 is 0 Å². The first-order chi connectivity index (χ1) is 14.6. The van der Waals surface area contributed by atoms with Crippen LogP contribution in [-0.4, -0.2) is 48.0 Å². The number of carbonyl (C=O) groups is 1. The third kappa shape index (κ3) is 4.14. The van der Waals surface area contributed by atoms with Crippen LogP contribution in [0.4, 0.5) is 0 Å².